The van der Waals surface area contributed by atoms with Gasteiger partial charge in [-0.3, -0.25) is 4.79 Å². The Kier molecular flexibility index (Phi) is 6.28. The van der Waals surface area contributed by atoms with Gasteiger partial charge < -0.3 is 15.6 Å². The highest BCUT2D eigenvalue weighted by Crippen LogP contribution is 2.12. The Labute approximate surface area is 162 Å². The number of carbonyl (C=O) groups is 1. The molecule has 0 spiro atoms. The zero-order valence-electron chi connectivity index (χ0n) is 15.7. The van der Waals surface area contributed by atoms with Crippen LogP contribution in [0.3, 0.4) is 0 Å². The Morgan fingerprint density at radius 3 is 2.63 bits per heavy atom. The van der Waals surface area contributed by atoms with E-state index >= 15 is 0 Å². The van der Waals surface area contributed by atoms with Crippen molar-refractivity contribution in [2.24, 2.45) is 0 Å². The molecule has 0 aliphatic carbocycles. The van der Waals surface area contributed by atoms with Crippen LogP contribution in [0.15, 0.2) is 30.3 Å². The van der Waals surface area contributed by atoms with E-state index in [1.807, 2.05) is 50.4 Å². The zero-order valence-corrected chi connectivity index (χ0v) is 16.6. The number of para-hydroxylation sites is 2. The molecule has 7 nitrogen and oxygen atoms in total. The van der Waals surface area contributed by atoms with E-state index in [2.05, 4.69) is 30.6 Å². The van der Waals surface area contributed by atoms with Crippen molar-refractivity contribution in [1.82, 2.24) is 25.3 Å². The molecule has 2 aromatic heterocycles. The Hall–Kier alpha value is -2.61. The van der Waals surface area contributed by atoms with E-state index in [0.29, 0.717) is 18.9 Å². The highest BCUT2D eigenvalue weighted by atomic mass is 32.2. The monoisotopic (exact) mass is 384 g/mol. The van der Waals surface area contributed by atoms with Crippen LogP contribution in [0, 0.1) is 13.8 Å². The number of thioether (sulfide) groups is 1. The van der Waals surface area contributed by atoms with Crippen molar-refractivity contribution in [3.8, 4) is 0 Å². The van der Waals surface area contributed by atoms with Crippen LogP contribution in [0.25, 0.3) is 11.0 Å². The lowest BCUT2D eigenvalue weighted by Gasteiger charge is -2.18. The van der Waals surface area contributed by atoms with Crippen LogP contribution in [0.5, 0.6) is 0 Å². The number of aryl methyl sites for hydroxylation is 2. The molecule has 2 heterocycles. The SMILES string of the molecule is CSCC[C@@H](Nc1nc(C)cc(C)n1)C(=O)NCc1nc2ccccc2[nH]1. The maximum absolute atomic E-state index is 12.7. The lowest BCUT2D eigenvalue weighted by Crippen LogP contribution is -2.40. The first-order valence-electron chi connectivity index (χ1n) is 8.84. The number of aromatic amines is 1. The van der Waals surface area contributed by atoms with Crippen LogP contribution in [0.4, 0.5) is 5.95 Å². The predicted octanol–water partition coefficient (Wildman–Crippen LogP) is 2.82. The topological polar surface area (TPSA) is 95.6 Å². The Morgan fingerprint density at radius 2 is 1.93 bits per heavy atom. The smallest absolute Gasteiger partial charge is 0.242 e. The number of nitrogens with zero attached hydrogens (tertiary/aromatic N) is 3. The molecule has 8 heteroatoms. The quantitative estimate of drug-likeness (QED) is 0.553. The molecule has 0 unspecified atom stereocenters. The molecule has 27 heavy (non-hydrogen) atoms. The van der Waals surface area contributed by atoms with Gasteiger partial charge in [0.1, 0.15) is 11.9 Å². The standard InChI is InChI=1S/C19H24N6OS/c1-12-10-13(2)22-19(21-12)25-16(8-9-27-3)18(26)20-11-17-23-14-6-4-5-7-15(14)24-17/h4-7,10,16H,8-9,11H2,1-3H3,(H,20,26)(H,23,24)(H,21,22,25)/t16-/m1/s1. The van der Waals surface area contributed by atoms with E-state index in [1.165, 1.54) is 0 Å². The molecule has 0 fully saturated rings. The van der Waals surface area contributed by atoms with Gasteiger partial charge >= 0.3 is 0 Å². The van der Waals surface area contributed by atoms with Crippen molar-refractivity contribution in [1.29, 1.82) is 0 Å². The minimum absolute atomic E-state index is 0.0905. The molecule has 142 valence electrons. The van der Waals surface area contributed by atoms with Gasteiger partial charge in [-0.25, -0.2) is 15.0 Å². The number of H-pyrrole nitrogens is 1. The maximum atomic E-state index is 12.7. The minimum Gasteiger partial charge on any atom is -0.347 e. The van der Waals surface area contributed by atoms with Gasteiger partial charge in [0, 0.05) is 11.4 Å². The van der Waals surface area contributed by atoms with Gasteiger partial charge in [-0.1, -0.05) is 12.1 Å². The first kappa shape index (κ1) is 19.2. The number of fused-ring (bicyclic) bond motifs is 1. The lowest BCUT2D eigenvalue weighted by molar-refractivity contribution is -0.122. The van der Waals surface area contributed by atoms with Crippen LogP contribution >= 0.6 is 11.8 Å². The Balaban J connectivity index is 1.66. The van der Waals surface area contributed by atoms with Crippen molar-refractivity contribution in [3.63, 3.8) is 0 Å². The summed E-state index contributed by atoms with van der Waals surface area (Å²) in [6.45, 7) is 4.18. The van der Waals surface area contributed by atoms with E-state index in [4.69, 9.17) is 0 Å². The largest absolute Gasteiger partial charge is 0.347 e. The summed E-state index contributed by atoms with van der Waals surface area (Å²) < 4.78 is 0. The van der Waals surface area contributed by atoms with Crippen molar-refractivity contribution < 1.29 is 4.79 Å². The summed E-state index contributed by atoms with van der Waals surface area (Å²) in [6.07, 6.45) is 2.71. The number of anilines is 1. The van der Waals surface area contributed by atoms with E-state index in [-0.39, 0.29) is 5.91 Å². The fourth-order valence-corrected chi connectivity index (χ4v) is 3.31. The van der Waals surface area contributed by atoms with E-state index in [9.17, 15) is 4.79 Å². The number of aromatic nitrogens is 4. The first-order valence-corrected chi connectivity index (χ1v) is 10.2. The predicted molar refractivity (Wildman–Crippen MR) is 110 cm³/mol. The number of rotatable bonds is 8. The summed E-state index contributed by atoms with van der Waals surface area (Å²) in [5.74, 6) is 1.99. The molecule has 1 atom stereocenters. The van der Waals surface area contributed by atoms with Crippen LogP contribution in [-0.4, -0.2) is 43.9 Å². The molecule has 1 aromatic carbocycles. The van der Waals surface area contributed by atoms with Gasteiger partial charge in [-0.2, -0.15) is 11.8 Å². The molecule has 0 saturated heterocycles. The molecule has 0 radical (unpaired) electrons. The molecule has 0 saturated carbocycles. The van der Waals surface area contributed by atoms with Gasteiger partial charge in [0.2, 0.25) is 11.9 Å². The van der Waals surface area contributed by atoms with Gasteiger partial charge in [0.15, 0.2) is 0 Å². The number of nitrogens with one attached hydrogen (secondary N) is 3. The summed E-state index contributed by atoms with van der Waals surface area (Å²) in [5.41, 5.74) is 3.59. The number of carbonyl (C=O) groups excluding carboxylic acids is 1. The third kappa shape index (κ3) is 5.19. The van der Waals surface area contributed by atoms with Crippen LogP contribution in [0.1, 0.15) is 23.6 Å². The number of hydrogen-bond acceptors (Lipinski definition) is 6. The fourth-order valence-electron chi connectivity index (χ4n) is 2.83. The second-order valence-corrected chi connectivity index (χ2v) is 7.36. The fraction of sp³-hybridized carbons (Fsp3) is 0.368. The molecule has 3 aromatic rings. The lowest BCUT2D eigenvalue weighted by atomic mass is 10.2. The highest BCUT2D eigenvalue weighted by Gasteiger charge is 2.19. The average molecular weight is 385 g/mol. The van der Waals surface area contributed by atoms with Gasteiger partial charge in [-0.15, -0.1) is 0 Å². The summed E-state index contributed by atoms with van der Waals surface area (Å²) in [4.78, 5) is 29.2. The first-order chi connectivity index (χ1) is 13.0. The summed E-state index contributed by atoms with van der Waals surface area (Å²) >= 11 is 1.70. The van der Waals surface area contributed by atoms with Gasteiger partial charge in [0.05, 0.1) is 17.6 Å². The highest BCUT2D eigenvalue weighted by molar-refractivity contribution is 7.98. The zero-order chi connectivity index (χ0) is 19.2. The minimum atomic E-state index is -0.400. The summed E-state index contributed by atoms with van der Waals surface area (Å²) in [5, 5.41) is 6.14. The molecule has 3 rings (SSSR count). The summed E-state index contributed by atoms with van der Waals surface area (Å²) in [6, 6.07) is 9.31. The third-order valence-electron chi connectivity index (χ3n) is 4.08. The molecular formula is C19H24N6OS. The van der Waals surface area contributed by atoms with Crippen LogP contribution < -0.4 is 10.6 Å². The maximum Gasteiger partial charge on any atom is 0.242 e. The second-order valence-electron chi connectivity index (χ2n) is 6.37. The van der Waals surface area contributed by atoms with Crippen LogP contribution in [0.2, 0.25) is 0 Å². The molecule has 0 aliphatic heterocycles. The number of hydrogen-bond donors (Lipinski definition) is 3. The Morgan fingerprint density at radius 1 is 1.19 bits per heavy atom. The molecule has 0 aliphatic rings. The van der Waals surface area contributed by atoms with Crippen molar-refractivity contribution >= 4 is 34.7 Å². The Bertz CT molecular complexity index is 872. The molecule has 3 N–H and O–H groups in total. The third-order valence-corrected chi connectivity index (χ3v) is 4.73. The average Bonchev–Trinajstić information content (AvgIpc) is 3.05. The number of amides is 1. The van der Waals surface area contributed by atoms with Crippen molar-refractivity contribution in [2.75, 3.05) is 17.3 Å². The molecular weight excluding hydrogens is 360 g/mol. The molecule has 1 amide bonds. The van der Waals surface area contributed by atoms with Gasteiger partial charge in [0.25, 0.3) is 0 Å². The van der Waals surface area contributed by atoms with Crippen molar-refractivity contribution in [3.05, 3.63) is 47.5 Å². The van der Waals surface area contributed by atoms with E-state index in [0.717, 1.165) is 34.0 Å². The van der Waals surface area contributed by atoms with E-state index in [1.54, 1.807) is 11.8 Å². The van der Waals surface area contributed by atoms with Crippen molar-refractivity contribution in [2.45, 2.75) is 32.9 Å². The normalized spacial score (nSPS) is 12.1. The summed E-state index contributed by atoms with van der Waals surface area (Å²) in [7, 11) is 0. The second kappa shape index (κ2) is 8.85. The number of benzene rings is 1. The van der Waals surface area contributed by atoms with Gasteiger partial charge in [-0.05, 0) is 50.5 Å². The van der Waals surface area contributed by atoms with Crippen LogP contribution in [-0.2, 0) is 11.3 Å². The number of imidazole rings is 1. The van der Waals surface area contributed by atoms with E-state index < -0.39 is 6.04 Å². The molecule has 0 bridgehead atoms.